The van der Waals surface area contributed by atoms with Crippen LogP contribution < -0.4 is 0 Å². The van der Waals surface area contributed by atoms with E-state index in [1.807, 2.05) is 0 Å². The molecule has 0 aromatic heterocycles. The summed E-state index contributed by atoms with van der Waals surface area (Å²) >= 11 is 2.56. The van der Waals surface area contributed by atoms with Crippen LogP contribution in [0.1, 0.15) is 0 Å². The highest BCUT2D eigenvalue weighted by atomic mass is 79.9. The SMILES string of the molecule is O=S(=O)(c1ccc(F)cc1Br)C(F)(F)F. The zero-order valence-corrected chi connectivity index (χ0v) is 9.25. The van der Waals surface area contributed by atoms with Crippen molar-refractivity contribution in [3.8, 4) is 0 Å². The summed E-state index contributed by atoms with van der Waals surface area (Å²) in [4.78, 5) is -1.00. The maximum absolute atomic E-state index is 12.5. The second-order valence-electron chi connectivity index (χ2n) is 2.52. The lowest BCUT2D eigenvalue weighted by atomic mass is 10.3. The van der Waals surface area contributed by atoms with Gasteiger partial charge < -0.3 is 0 Å². The van der Waals surface area contributed by atoms with E-state index in [0.29, 0.717) is 18.2 Å². The number of sulfone groups is 1. The van der Waals surface area contributed by atoms with Crippen molar-refractivity contribution < 1.29 is 26.0 Å². The van der Waals surface area contributed by atoms with Crippen molar-refractivity contribution in [3.63, 3.8) is 0 Å². The summed E-state index contributed by atoms with van der Waals surface area (Å²) in [5.41, 5.74) is -5.40. The van der Waals surface area contributed by atoms with E-state index in [1.54, 1.807) is 0 Å². The molecule has 8 heteroatoms. The molecular formula is C7H3BrF4O2S. The lowest BCUT2D eigenvalue weighted by Crippen LogP contribution is -2.23. The Labute approximate surface area is 91.0 Å². The van der Waals surface area contributed by atoms with E-state index in [0.717, 1.165) is 0 Å². The van der Waals surface area contributed by atoms with Crippen LogP contribution in [0, 0.1) is 5.82 Å². The Bertz CT molecular complexity index is 480. The topological polar surface area (TPSA) is 34.1 Å². The van der Waals surface area contributed by atoms with Gasteiger partial charge in [0.2, 0.25) is 0 Å². The van der Waals surface area contributed by atoms with Crippen LogP contribution in [0.2, 0.25) is 0 Å². The lowest BCUT2D eigenvalue weighted by molar-refractivity contribution is -0.0436. The summed E-state index contributed by atoms with van der Waals surface area (Å²) < 4.78 is 70.2. The van der Waals surface area contributed by atoms with Gasteiger partial charge in [0, 0.05) is 4.47 Å². The molecule has 0 aliphatic carbocycles. The molecule has 0 saturated carbocycles. The summed E-state index contributed by atoms with van der Waals surface area (Å²) in [6.45, 7) is 0. The summed E-state index contributed by atoms with van der Waals surface area (Å²) in [5, 5.41) is 0. The van der Waals surface area contributed by atoms with Crippen LogP contribution >= 0.6 is 15.9 Å². The molecule has 1 aromatic carbocycles. The van der Waals surface area contributed by atoms with Crippen LogP contribution in [0.5, 0.6) is 0 Å². The number of hydrogen-bond donors (Lipinski definition) is 0. The fourth-order valence-electron chi connectivity index (χ4n) is 0.818. The van der Waals surface area contributed by atoms with Crippen LogP contribution in [0.25, 0.3) is 0 Å². The monoisotopic (exact) mass is 306 g/mol. The molecule has 0 amide bonds. The van der Waals surface area contributed by atoms with E-state index < -0.39 is 30.5 Å². The van der Waals surface area contributed by atoms with E-state index in [4.69, 9.17) is 0 Å². The highest BCUT2D eigenvalue weighted by molar-refractivity contribution is 9.10. The Morgan fingerprint density at radius 3 is 2.13 bits per heavy atom. The van der Waals surface area contributed by atoms with Gasteiger partial charge in [-0.1, -0.05) is 0 Å². The van der Waals surface area contributed by atoms with Gasteiger partial charge in [-0.2, -0.15) is 13.2 Å². The van der Waals surface area contributed by atoms with Gasteiger partial charge in [-0.3, -0.25) is 0 Å². The second-order valence-corrected chi connectivity index (χ2v) is 5.29. The van der Waals surface area contributed by atoms with Crippen molar-refractivity contribution in [3.05, 3.63) is 28.5 Å². The number of hydrogen-bond acceptors (Lipinski definition) is 2. The molecule has 0 unspecified atom stereocenters. The summed E-state index contributed by atoms with van der Waals surface area (Å²) in [5.74, 6) is -0.831. The molecule has 0 heterocycles. The normalized spacial score (nSPS) is 12.9. The van der Waals surface area contributed by atoms with Crippen molar-refractivity contribution in [2.24, 2.45) is 0 Å². The highest BCUT2D eigenvalue weighted by Gasteiger charge is 2.47. The minimum atomic E-state index is -5.44. The quantitative estimate of drug-likeness (QED) is 0.590. The van der Waals surface area contributed by atoms with Crippen LogP contribution in [0.3, 0.4) is 0 Å². The van der Waals surface area contributed by atoms with Crippen LogP contribution in [0.4, 0.5) is 17.6 Å². The largest absolute Gasteiger partial charge is 0.501 e. The predicted molar refractivity (Wildman–Crippen MR) is 47.3 cm³/mol. The molecule has 0 fully saturated rings. The average Bonchev–Trinajstić information content (AvgIpc) is 2.00. The summed E-state index contributed by atoms with van der Waals surface area (Å²) in [6, 6.07) is 1.85. The maximum atomic E-state index is 12.5. The molecule has 0 aliphatic heterocycles. The zero-order valence-electron chi connectivity index (χ0n) is 6.85. The van der Waals surface area contributed by atoms with Gasteiger partial charge in [-0.25, -0.2) is 12.8 Å². The van der Waals surface area contributed by atoms with Gasteiger partial charge in [-0.15, -0.1) is 0 Å². The van der Waals surface area contributed by atoms with Gasteiger partial charge in [-0.05, 0) is 34.1 Å². The standard InChI is InChI=1S/C7H3BrF4O2S/c8-5-3-4(9)1-2-6(5)15(13,14)7(10,11)12/h1-3H. The van der Waals surface area contributed by atoms with Crippen molar-refractivity contribution in [1.82, 2.24) is 0 Å². The van der Waals surface area contributed by atoms with Crippen LogP contribution in [0.15, 0.2) is 27.6 Å². The predicted octanol–water partition coefficient (Wildman–Crippen LogP) is 2.88. The molecule has 0 saturated heterocycles. The Kier molecular flexibility index (Phi) is 3.11. The lowest BCUT2D eigenvalue weighted by Gasteiger charge is -2.09. The molecule has 1 aromatic rings. The first-order chi connectivity index (χ1) is 6.66. The highest BCUT2D eigenvalue weighted by Crippen LogP contribution is 2.34. The fraction of sp³-hybridized carbons (Fsp3) is 0.143. The van der Waals surface area contributed by atoms with E-state index in [9.17, 15) is 26.0 Å². The Balaban J connectivity index is 3.42. The molecule has 15 heavy (non-hydrogen) atoms. The van der Waals surface area contributed by atoms with Gasteiger partial charge in [0.1, 0.15) is 5.82 Å². The second kappa shape index (κ2) is 3.75. The van der Waals surface area contributed by atoms with Crippen molar-refractivity contribution in [2.75, 3.05) is 0 Å². The minimum absolute atomic E-state index is 0.458. The first-order valence-electron chi connectivity index (χ1n) is 3.42. The van der Waals surface area contributed by atoms with Crippen molar-refractivity contribution in [1.29, 1.82) is 0 Å². The van der Waals surface area contributed by atoms with Crippen LogP contribution in [-0.2, 0) is 9.84 Å². The van der Waals surface area contributed by atoms with Gasteiger partial charge >= 0.3 is 5.51 Å². The first-order valence-corrected chi connectivity index (χ1v) is 5.70. The van der Waals surface area contributed by atoms with E-state index in [-0.39, 0.29) is 0 Å². The molecule has 0 bridgehead atoms. The molecule has 0 radical (unpaired) electrons. The molecule has 0 aliphatic rings. The molecule has 0 N–H and O–H groups in total. The Morgan fingerprint density at radius 1 is 1.20 bits per heavy atom. The fourth-order valence-corrected chi connectivity index (χ4v) is 2.62. The first kappa shape index (κ1) is 12.4. The molecule has 0 atom stereocenters. The van der Waals surface area contributed by atoms with Crippen molar-refractivity contribution in [2.45, 2.75) is 10.4 Å². The van der Waals surface area contributed by atoms with E-state index >= 15 is 0 Å². The van der Waals surface area contributed by atoms with Gasteiger partial charge in [0.25, 0.3) is 9.84 Å². The number of benzene rings is 1. The third kappa shape index (κ3) is 2.31. The zero-order chi connectivity index (χ0) is 11.9. The van der Waals surface area contributed by atoms with E-state index in [1.165, 1.54) is 0 Å². The summed E-state index contributed by atoms with van der Waals surface area (Å²) in [6.07, 6.45) is 0. The van der Waals surface area contributed by atoms with Gasteiger partial charge in [0.15, 0.2) is 0 Å². The minimum Gasteiger partial charge on any atom is -0.214 e. The summed E-state index contributed by atoms with van der Waals surface area (Å²) in [7, 11) is -5.44. The molecule has 1 rings (SSSR count). The maximum Gasteiger partial charge on any atom is 0.501 e. The Morgan fingerprint density at radius 2 is 1.73 bits per heavy atom. The average molecular weight is 307 g/mol. The number of rotatable bonds is 1. The number of halogens is 5. The van der Waals surface area contributed by atoms with Crippen LogP contribution in [-0.4, -0.2) is 13.9 Å². The van der Waals surface area contributed by atoms with Gasteiger partial charge in [0.05, 0.1) is 4.90 Å². The third-order valence-corrected chi connectivity index (χ3v) is 3.95. The molecule has 0 spiro atoms. The smallest absolute Gasteiger partial charge is 0.214 e. The third-order valence-electron chi connectivity index (χ3n) is 1.49. The Hall–Kier alpha value is -0.630. The molecule has 2 nitrogen and oxygen atoms in total. The van der Waals surface area contributed by atoms with Crippen molar-refractivity contribution >= 4 is 25.8 Å². The molecular weight excluding hydrogens is 304 g/mol. The van der Waals surface area contributed by atoms with E-state index in [2.05, 4.69) is 15.9 Å². The molecule has 84 valence electrons. The number of alkyl halides is 3.